The monoisotopic (exact) mass is 402 g/mol. The number of allylic oxidation sites excluding steroid dienone is 3. The molecule has 0 heterocycles. The molecule has 0 radical (unpaired) electrons. The summed E-state index contributed by atoms with van der Waals surface area (Å²) in [6, 6.07) is 10.9. The molecule has 0 saturated heterocycles. The Kier molecular flexibility index (Phi) is 6.94. The second-order valence-corrected chi connectivity index (χ2v) is 7.77. The van der Waals surface area contributed by atoms with Crippen molar-refractivity contribution in [3.05, 3.63) is 84.2 Å². The molecule has 1 aliphatic carbocycles. The van der Waals surface area contributed by atoms with Crippen molar-refractivity contribution >= 4 is 0 Å². The highest BCUT2D eigenvalue weighted by molar-refractivity contribution is 5.64. The maximum atomic E-state index is 13.8. The van der Waals surface area contributed by atoms with Crippen LogP contribution in [-0.2, 0) is 6.18 Å². The van der Waals surface area contributed by atoms with Gasteiger partial charge in [-0.2, -0.15) is 13.2 Å². The first kappa shape index (κ1) is 21.4. The summed E-state index contributed by atoms with van der Waals surface area (Å²) in [6.45, 7) is 3.68. The molecule has 4 heteroatoms. The van der Waals surface area contributed by atoms with Gasteiger partial charge in [0.15, 0.2) is 0 Å². The molecule has 0 amide bonds. The van der Waals surface area contributed by atoms with E-state index in [1.807, 2.05) is 30.3 Å². The van der Waals surface area contributed by atoms with Crippen LogP contribution in [0.3, 0.4) is 0 Å². The molecule has 154 valence electrons. The van der Waals surface area contributed by atoms with Gasteiger partial charge < -0.3 is 0 Å². The Balaban J connectivity index is 1.60. The van der Waals surface area contributed by atoms with E-state index < -0.39 is 17.6 Å². The molecule has 0 nitrogen and oxygen atoms in total. The van der Waals surface area contributed by atoms with Gasteiger partial charge in [0, 0.05) is 0 Å². The Morgan fingerprint density at radius 2 is 1.59 bits per heavy atom. The Bertz CT molecular complexity index is 838. The highest BCUT2D eigenvalue weighted by Crippen LogP contribution is 2.38. The van der Waals surface area contributed by atoms with E-state index in [9.17, 15) is 17.6 Å². The third-order valence-electron chi connectivity index (χ3n) is 5.85. The minimum atomic E-state index is -4.67. The van der Waals surface area contributed by atoms with E-state index >= 15 is 0 Å². The smallest absolute Gasteiger partial charge is 0.206 e. The number of hydrogen-bond donors (Lipinski definition) is 0. The van der Waals surface area contributed by atoms with Gasteiger partial charge in [0.2, 0.25) is 0 Å². The van der Waals surface area contributed by atoms with Crippen LogP contribution in [0.5, 0.6) is 0 Å². The molecule has 2 aromatic carbocycles. The summed E-state index contributed by atoms with van der Waals surface area (Å²) >= 11 is 0. The quantitative estimate of drug-likeness (QED) is 0.337. The first-order valence-corrected chi connectivity index (χ1v) is 10.1. The van der Waals surface area contributed by atoms with Crippen molar-refractivity contribution in [2.45, 2.75) is 50.6 Å². The summed E-state index contributed by atoms with van der Waals surface area (Å²) in [7, 11) is 0. The maximum Gasteiger partial charge on any atom is 0.419 e. The fourth-order valence-corrected chi connectivity index (χ4v) is 4.18. The zero-order chi connectivity index (χ0) is 20.9. The lowest BCUT2D eigenvalue weighted by atomic mass is 9.77. The second kappa shape index (κ2) is 9.43. The van der Waals surface area contributed by atoms with Gasteiger partial charge in [-0.15, -0.1) is 0 Å². The summed E-state index contributed by atoms with van der Waals surface area (Å²) in [5.41, 5.74) is 1.21. The summed E-state index contributed by atoms with van der Waals surface area (Å²) in [4.78, 5) is 0. The molecule has 1 aliphatic rings. The van der Waals surface area contributed by atoms with Gasteiger partial charge in [0.05, 0.1) is 5.56 Å². The van der Waals surface area contributed by atoms with E-state index in [2.05, 4.69) is 12.7 Å². The maximum absolute atomic E-state index is 13.8. The fourth-order valence-electron chi connectivity index (χ4n) is 4.18. The number of hydrogen-bond acceptors (Lipinski definition) is 0. The molecule has 2 aromatic rings. The molecule has 29 heavy (non-hydrogen) atoms. The zero-order valence-corrected chi connectivity index (χ0v) is 16.4. The van der Waals surface area contributed by atoms with Gasteiger partial charge in [-0.05, 0) is 79.2 Å². The lowest BCUT2D eigenvalue weighted by Gasteiger charge is -2.28. The topological polar surface area (TPSA) is 0 Å². The van der Waals surface area contributed by atoms with Crippen LogP contribution in [0.2, 0.25) is 0 Å². The zero-order valence-electron chi connectivity index (χ0n) is 16.4. The molecule has 1 fully saturated rings. The fraction of sp³-hybridized carbons (Fsp3) is 0.360. The van der Waals surface area contributed by atoms with Gasteiger partial charge in [0.25, 0.3) is 0 Å². The van der Waals surface area contributed by atoms with Gasteiger partial charge in [-0.25, -0.2) is 4.39 Å². The van der Waals surface area contributed by atoms with E-state index in [1.165, 1.54) is 30.9 Å². The van der Waals surface area contributed by atoms with Crippen LogP contribution in [0.25, 0.3) is 11.1 Å². The van der Waals surface area contributed by atoms with E-state index in [0.29, 0.717) is 11.5 Å². The molecular formula is C25H26F4. The van der Waals surface area contributed by atoms with Crippen LogP contribution in [0.15, 0.2) is 67.3 Å². The van der Waals surface area contributed by atoms with E-state index in [1.54, 1.807) is 6.08 Å². The van der Waals surface area contributed by atoms with Gasteiger partial charge in [-0.1, -0.05) is 55.1 Å². The van der Waals surface area contributed by atoms with Crippen LogP contribution >= 0.6 is 0 Å². The largest absolute Gasteiger partial charge is 0.419 e. The average Bonchev–Trinajstić information content (AvgIpc) is 2.71. The summed E-state index contributed by atoms with van der Waals surface area (Å²) < 4.78 is 52.0. The summed E-state index contributed by atoms with van der Waals surface area (Å²) in [5.74, 6) is 0.0591. The molecule has 0 unspecified atom stereocenters. The van der Waals surface area contributed by atoms with Crippen LogP contribution in [0.4, 0.5) is 17.6 Å². The number of rotatable bonds is 6. The Hall–Kier alpha value is -2.36. The van der Waals surface area contributed by atoms with Gasteiger partial charge in [0.1, 0.15) is 5.82 Å². The van der Waals surface area contributed by atoms with E-state index in [-0.39, 0.29) is 0 Å². The number of alkyl halides is 3. The molecule has 0 aromatic heterocycles. The molecule has 0 atom stereocenters. The van der Waals surface area contributed by atoms with Crippen LogP contribution in [0.1, 0.15) is 55.6 Å². The van der Waals surface area contributed by atoms with E-state index in [4.69, 9.17) is 0 Å². The molecule has 0 aliphatic heterocycles. The van der Waals surface area contributed by atoms with Crippen molar-refractivity contribution < 1.29 is 17.6 Å². The third-order valence-corrected chi connectivity index (χ3v) is 5.85. The Morgan fingerprint density at radius 1 is 0.931 bits per heavy atom. The standard InChI is InChI=1S/C25H26F4/c1-2-3-4-5-6-18-7-9-19(10-8-18)20-11-13-21(14-12-20)22-15-16-23(24(26)17-22)25(27,28)29/h2-4,11-19H,1,5-10H2. The Morgan fingerprint density at radius 3 is 2.17 bits per heavy atom. The van der Waals surface area contributed by atoms with Crippen molar-refractivity contribution in [2.75, 3.05) is 0 Å². The molecule has 0 N–H and O–H groups in total. The highest BCUT2D eigenvalue weighted by Gasteiger charge is 2.34. The van der Waals surface area contributed by atoms with Crippen LogP contribution in [-0.4, -0.2) is 0 Å². The molecule has 1 saturated carbocycles. The predicted octanol–water partition coefficient (Wildman–Crippen LogP) is 8.31. The van der Waals surface area contributed by atoms with E-state index in [0.717, 1.165) is 42.9 Å². The van der Waals surface area contributed by atoms with Crippen molar-refractivity contribution in [3.63, 3.8) is 0 Å². The van der Waals surface area contributed by atoms with Gasteiger partial charge >= 0.3 is 6.18 Å². The lowest BCUT2D eigenvalue weighted by Crippen LogP contribution is -2.13. The van der Waals surface area contributed by atoms with Gasteiger partial charge in [-0.3, -0.25) is 0 Å². The summed E-state index contributed by atoms with van der Waals surface area (Å²) in [5, 5.41) is 0. The molecule has 3 rings (SSSR count). The van der Waals surface area contributed by atoms with Crippen molar-refractivity contribution in [3.8, 4) is 11.1 Å². The summed E-state index contributed by atoms with van der Waals surface area (Å²) in [6.07, 6.45) is 8.37. The minimum Gasteiger partial charge on any atom is -0.206 e. The third kappa shape index (κ3) is 5.59. The minimum absolute atomic E-state index is 0.457. The molecule has 0 bridgehead atoms. The van der Waals surface area contributed by atoms with Crippen molar-refractivity contribution in [1.29, 1.82) is 0 Å². The van der Waals surface area contributed by atoms with Crippen molar-refractivity contribution in [1.82, 2.24) is 0 Å². The van der Waals surface area contributed by atoms with Crippen molar-refractivity contribution in [2.24, 2.45) is 5.92 Å². The molecular weight excluding hydrogens is 376 g/mol. The Labute approximate surface area is 170 Å². The number of benzene rings is 2. The SMILES string of the molecule is C=CC=CCCC1CCC(c2ccc(-c3ccc(C(F)(F)F)c(F)c3)cc2)CC1. The predicted molar refractivity (Wildman–Crippen MR) is 110 cm³/mol. The highest BCUT2D eigenvalue weighted by atomic mass is 19.4. The average molecular weight is 402 g/mol. The normalized spacial score (nSPS) is 20.1. The molecule has 0 spiro atoms. The lowest BCUT2D eigenvalue weighted by molar-refractivity contribution is -0.139. The van der Waals surface area contributed by atoms with Crippen LogP contribution in [0, 0.1) is 11.7 Å². The second-order valence-electron chi connectivity index (χ2n) is 7.77. The first-order chi connectivity index (χ1) is 13.9. The first-order valence-electron chi connectivity index (χ1n) is 10.1. The van der Waals surface area contributed by atoms with Crippen LogP contribution < -0.4 is 0 Å². The number of halogens is 4.